The fraction of sp³-hybridized carbons (Fsp3) is 0.400. The maximum absolute atomic E-state index is 13.2. The van der Waals surface area contributed by atoms with Crippen LogP contribution in [0.2, 0.25) is 5.02 Å². The molecule has 0 saturated heterocycles. The quantitative estimate of drug-likeness (QED) is 0.286. The van der Waals surface area contributed by atoms with Crippen molar-refractivity contribution in [1.29, 1.82) is 0 Å². The summed E-state index contributed by atoms with van der Waals surface area (Å²) < 4.78 is 0. The van der Waals surface area contributed by atoms with Crippen LogP contribution in [-0.4, -0.2) is 65.1 Å². The minimum atomic E-state index is -1.54. The molecule has 6 amide bonds. The summed E-state index contributed by atoms with van der Waals surface area (Å²) in [6, 6.07) is 8.11. The number of carbonyl (C=O) groups excluding carboxylic acids is 6. The summed E-state index contributed by atoms with van der Waals surface area (Å²) in [4.78, 5) is 76.6. The van der Waals surface area contributed by atoms with Gasteiger partial charge < -0.3 is 32.3 Å². The number of hydrogen-bond donors (Lipinski definition) is 6. The Morgan fingerprint density at radius 3 is 2.02 bits per heavy atom. The van der Waals surface area contributed by atoms with Crippen molar-refractivity contribution in [3.63, 3.8) is 0 Å². The van der Waals surface area contributed by atoms with Crippen LogP contribution in [0.1, 0.15) is 45.7 Å². The topological polar surface area (TPSA) is 189 Å². The first-order valence-electron chi connectivity index (χ1n) is 13.8. The lowest BCUT2D eigenvalue weighted by molar-refractivity contribution is -0.135. The second-order valence-electron chi connectivity index (χ2n) is 11.0. The minimum Gasteiger partial charge on any atom is -0.368 e. The zero-order valence-corrected chi connectivity index (χ0v) is 25.4. The van der Waals surface area contributed by atoms with Crippen molar-refractivity contribution in [3.8, 4) is 11.1 Å². The van der Waals surface area contributed by atoms with E-state index in [2.05, 4.69) is 26.6 Å². The van der Waals surface area contributed by atoms with Gasteiger partial charge in [-0.25, -0.2) is 0 Å². The Morgan fingerprint density at radius 2 is 1.44 bits per heavy atom. The van der Waals surface area contributed by atoms with Gasteiger partial charge in [0.15, 0.2) is 0 Å². The van der Waals surface area contributed by atoms with Gasteiger partial charge in [-0.1, -0.05) is 41.9 Å². The second-order valence-corrected chi connectivity index (χ2v) is 11.5. The first kappa shape index (κ1) is 33.1. The summed E-state index contributed by atoms with van der Waals surface area (Å²) in [5.74, 6) is -3.84. The maximum atomic E-state index is 13.2. The molecule has 12 nitrogen and oxygen atoms in total. The number of nitrogens with two attached hydrogens (primary N) is 1. The number of hydrogen-bond acceptors (Lipinski definition) is 6. The fourth-order valence-corrected chi connectivity index (χ4v) is 4.97. The van der Waals surface area contributed by atoms with E-state index < -0.39 is 65.1 Å². The molecular weight excluding hydrogens is 576 g/mol. The molecule has 0 fully saturated rings. The van der Waals surface area contributed by atoms with E-state index >= 15 is 0 Å². The van der Waals surface area contributed by atoms with Crippen molar-refractivity contribution in [2.45, 2.75) is 77.2 Å². The molecule has 0 unspecified atom stereocenters. The summed E-state index contributed by atoms with van der Waals surface area (Å²) in [6.45, 7) is 7.05. The van der Waals surface area contributed by atoms with Crippen molar-refractivity contribution in [1.82, 2.24) is 26.6 Å². The van der Waals surface area contributed by atoms with Crippen LogP contribution in [0.25, 0.3) is 11.1 Å². The summed E-state index contributed by atoms with van der Waals surface area (Å²) in [5, 5.41) is 13.2. The molecule has 1 aliphatic rings. The Balaban J connectivity index is 2.13. The van der Waals surface area contributed by atoms with Crippen LogP contribution >= 0.6 is 11.6 Å². The van der Waals surface area contributed by atoms with Gasteiger partial charge in [0, 0.05) is 24.8 Å². The molecule has 1 aliphatic heterocycles. The lowest BCUT2D eigenvalue weighted by Crippen LogP contribution is -2.61. The molecule has 2 aromatic rings. The molecule has 43 heavy (non-hydrogen) atoms. The predicted octanol–water partition coefficient (Wildman–Crippen LogP) is 0.485. The van der Waals surface area contributed by atoms with E-state index in [1.165, 1.54) is 34.6 Å². The largest absolute Gasteiger partial charge is 0.368 e. The molecule has 230 valence electrons. The number of fused-ring (bicyclic) bond motifs is 4. The third-order valence-electron chi connectivity index (χ3n) is 7.16. The molecule has 3 rings (SSSR count). The van der Waals surface area contributed by atoms with E-state index in [0.717, 1.165) is 0 Å². The summed E-state index contributed by atoms with van der Waals surface area (Å²) in [6.07, 6.45) is 0.0509. The zero-order chi connectivity index (χ0) is 32.1. The molecule has 0 saturated carbocycles. The molecule has 2 aromatic carbocycles. The Bertz CT molecular complexity index is 1450. The lowest BCUT2D eigenvalue weighted by atomic mass is 9.86. The number of amides is 6. The number of primary amides is 1. The highest BCUT2D eigenvalue weighted by atomic mass is 35.5. The zero-order valence-electron chi connectivity index (χ0n) is 24.7. The predicted molar refractivity (Wildman–Crippen MR) is 160 cm³/mol. The maximum Gasteiger partial charge on any atom is 0.243 e. The van der Waals surface area contributed by atoms with Crippen LogP contribution in [-0.2, 0) is 41.6 Å². The molecule has 13 heteroatoms. The summed E-state index contributed by atoms with van der Waals surface area (Å²) in [5.41, 5.74) is 6.87. The van der Waals surface area contributed by atoms with Crippen molar-refractivity contribution < 1.29 is 28.8 Å². The van der Waals surface area contributed by atoms with Gasteiger partial charge in [-0.2, -0.15) is 0 Å². The molecule has 0 aliphatic carbocycles. The second kappa shape index (κ2) is 13.7. The van der Waals surface area contributed by atoms with E-state index in [1.807, 2.05) is 6.07 Å². The average molecular weight is 613 g/mol. The highest BCUT2D eigenvalue weighted by molar-refractivity contribution is 6.31. The van der Waals surface area contributed by atoms with Gasteiger partial charge >= 0.3 is 0 Å². The van der Waals surface area contributed by atoms with Crippen LogP contribution < -0.4 is 32.3 Å². The van der Waals surface area contributed by atoms with Crippen molar-refractivity contribution >= 4 is 47.0 Å². The minimum absolute atomic E-state index is 0.00797. The molecule has 0 radical (unpaired) electrons. The summed E-state index contributed by atoms with van der Waals surface area (Å²) >= 11 is 6.49. The normalized spacial score (nSPS) is 25.6. The fourth-order valence-electron chi connectivity index (χ4n) is 4.71. The van der Waals surface area contributed by atoms with Crippen molar-refractivity contribution in [2.75, 3.05) is 0 Å². The molecule has 5 atom stereocenters. The Kier molecular flexibility index (Phi) is 10.5. The van der Waals surface area contributed by atoms with Gasteiger partial charge in [0.2, 0.25) is 35.4 Å². The van der Waals surface area contributed by atoms with Crippen LogP contribution in [0.15, 0.2) is 42.5 Å². The Morgan fingerprint density at radius 1 is 0.884 bits per heavy atom. The van der Waals surface area contributed by atoms with Gasteiger partial charge in [0.25, 0.3) is 0 Å². The van der Waals surface area contributed by atoms with E-state index in [9.17, 15) is 28.8 Å². The van der Waals surface area contributed by atoms with Gasteiger partial charge in [-0.3, -0.25) is 28.8 Å². The van der Waals surface area contributed by atoms with E-state index in [-0.39, 0.29) is 12.8 Å². The van der Waals surface area contributed by atoms with E-state index in [4.69, 9.17) is 17.3 Å². The van der Waals surface area contributed by atoms with Crippen molar-refractivity contribution in [2.24, 2.45) is 5.73 Å². The molecular formula is C30H37ClN6O6. The van der Waals surface area contributed by atoms with Crippen molar-refractivity contribution in [3.05, 3.63) is 58.6 Å². The van der Waals surface area contributed by atoms with Crippen LogP contribution in [0.5, 0.6) is 0 Å². The number of rotatable bonds is 2. The van der Waals surface area contributed by atoms with Gasteiger partial charge in [0.1, 0.15) is 29.7 Å². The number of halogens is 1. The van der Waals surface area contributed by atoms with Gasteiger partial charge in [0.05, 0.1) is 0 Å². The first-order valence-corrected chi connectivity index (χ1v) is 14.2. The van der Waals surface area contributed by atoms with Crippen LogP contribution in [0.4, 0.5) is 0 Å². The number of nitrogens with one attached hydrogen (secondary N) is 5. The first-order chi connectivity index (χ1) is 20.1. The molecule has 1 heterocycles. The molecule has 0 aromatic heterocycles. The van der Waals surface area contributed by atoms with E-state index in [0.29, 0.717) is 27.3 Å². The smallest absolute Gasteiger partial charge is 0.243 e. The Hall–Kier alpha value is -4.45. The van der Waals surface area contributed by atoms with E-state index in [1.54, 1.807) is 36.4 Å². The summed E-state index contributed by atoms with van der Waals surface area (Å²) in [7, 11) is 0. The average Bonchev–Trinajstić information content (AvgIpc) is 2.91. The van der Waals surface area contributed by atoms with Crippen LogP contribution in [0.3, 0.4) is 0 Å². The third-order valence-corrected chi connectivity index (χ3v) is 7.38. The molecule has 0 spiro atoms. The Labute approximate surface area is 254 Å². The number of benzene rings is 2. The molecule has 7 N–H and O–H groups in total. The standard InChI is InChI=1S/C30H37ClN6O6/c1-15-25(39)34-17(3)27(41)37-30(5,29(32)43)14-20-8-6-7-9-23(20)21-10-19(11-22(31)13-21)12-24(36-18(4)38)28(42)35-16(2)26(40)33-15/h6-11,13,15-17,24H,12,14H2,1-5H3,(H2,32,43)(H,33,40)(H,34,39)(H,35,42)(H,36,38)(H,37,41)/t15-,16-,17-,24-,30-/m0/s1. The monoisotopic (exact) mass is 612 g/mol. The lowest BCUT2D eigenvalue weighted by Gasteiger charge is -2.30. The van der Waals surface area contributed by atoms with Crippen LogP contribution in [0, 0.1) is 0 Å². The SMILES string of the molecule is CC(=O)N[C@H]1Cc2cc(Cl)cc(c2)-c2ccccc2C[C@@](C)(C(N)=O)NC(=O)[C@H](C)NC(=O)[C@H](C)NC(=O)[C@H](C)NC1=O. The van der Waals surface area contributed by atoms with Gasteiger partial charge in [-0.15, -0.1) is 0 Å². The third kappa shape index (κ3) is 8.54. The van der Waals surface area contributed by atoms with Gasteiger partial charge in [-0.05, 0) is 62.1 Å². The number of carbonyl (C=O) groups is 6. The highest BCUT2D eigenvalue weighted by Gasteiger charge is 2.36. The highest BCUT2D eigenvalue weighted by Crippen LogP contribution is 2.30. The molecule has 2 bridgehead atoms.